The maximum absolute atomic E-state index is 6.07. The number of rotatable bonds is 9. The Morgan fingerprint density at radius 2 is 1.73 bits per heavy atom. The molecule has 0 aliphatic carbocycles. The Kier molecular flexibility index (Phi) is 7.85. The van der Waals surface area contributed by atoms with E-state index in [9.17, 15) is 0 Å². The number of hydrogen-bond donors (Lipinski definition) is 1. The van der Waals surface area contributed by atoms with Gasteiger partial charge in [0.15, 0.2) is 0 Å². The van der Waals surface area contributed by atoms with E-state index in [1.807, 2.05) is 11.8 Å². The van der Waals surface area contributed by atoms with E-state index in [1.54, 1.807) is 21.3 Å². The van der Waals surface area contributed by atoms with Crippen molar-refractivity contribution in [2.24, 2.45) is 0 Å². The first kappa shape index (κ1) is 20.4. The summed E-state index contributed by atoms with van der Waals surface area (Å²) in [7, 11) is 2.58. The molecule has 1 N–H and O–H groups in total. The van der Waals surface area contributed by atoms with Gasteiger partial charge in [-0.25, -0.2) is 0 Å². The van der Waals surface area contributed by atoms with Crippen molar-refractivity contribution < 1.29 is 18.0 Å². The second kappa shape index (κ2) is 8.46. The molecule has 1 heterocycles. The molecule has 0 radical (unpaired) electrons. The molecule has 132 valence electrons. The van der Waals surface area contributed by atoms with Crippen LogP contribution in [0.1, 0.15) is 34.1 Å². The fraction of sp³-hybridized carbons (Fsp3) is 1.00. The molecular formula is C15H33NO4SSi. The van der Waals surface area contributed by atoms with Gasteiger partial charge >= 0.3 is 8.80 Å². The predicted molar refractivity (Wildman–Crippen MR) is 94.6 cm³/mol. The Bertz CT molecular complexity index is 329. The van der Waals surface area contributed by atoms with Gasteiger partial charge in [0.05, 0.1) is 12.7 Å². The molecule has 22 heavy (non-hydrogen) atoms. The van der Waals surface area contributed by atoms with Crippen LogP contribution in [0.25, 0.3) is 0 Å². The molecule has 1 rings (SSSR count). The molecule has 0 aromatic heterocycles. The van der Waals surface area contributed by atoms with Crippen LogP contribution in [0.4, 0.5) is 0 Å². The lowest BCUT2D eigenvalue weighted by molar-refractivity contribution is -0.0708. The van der Waals surface area contributed by atoms with Crippen molar-refractivity contribution in [3.05, 3.63) is 0 Å². The Morgan fingerprint density at radius 3 is 2.23 bits per heavy atom. The van der Waals surface area contributed by atoms with E-state index in [2.05, 4.69) is 33.0 Å². The summed E-state index contributed by atoms with van der Waals surface area (Å²) >= 11 is 1.92. The van der Waals surface area contributed by atoms with Gasteiger partial charge < -0.3 is 23.3 Å². The van der Waals surface area contributed by atoms with Crippen LogP contribution < -0.4 is 5.32 Å². The SMILES string of the molecule is CO[Si](CCCSCC1OCC(C)(C)NC1(C)C)(OC)OC. The van der Waals surface area contributed by atoms with Crippen LogP contribution in [0.3, 0.4) is 0 Å². The Hall–Kier alpha value is 0.367. The number of morpholine rings is 1. The van der Waals surface area contributed by atoms with Crippen LogP contribution in [-0.2, 0) is 18.0 Å². The number of hydrogen-bond acceptors (Lipinski definition) is 6. The van der Waals surface area contributed by atoms with E-state index in [1.165, 1.54) is 0 Å². The minimum Gasteiger partial charge on any atom is -0.377 e. The van der Waals surface area contributed by atoms with Crippen LogP contribution in [-0.4, -0.2) is 65.4 Å². The van der Waals surface area contributed by atoms with Crippen molar-refractivity contribution in [2.75, 3.05) is 39.4 Å². The van der Waals surface area contributed by atoms with Crippen LogP contribution in [0, 0.1) is 0 Å². The second-order valence-electron chi connectivity index (χ2n) is 7.00. The van der Waals surface area contributed by atoms with Gasteiger partial charge in [0.2, 0.25) is 0 Å². The average Bonchev–Trinajstić information content (AvgIpc) is 2.44. The summed E-state index contributed by atoms with van der Waals surface area (Å²) < 4.78 is 22.4. The first-order valence-corrected chi connectivity index (χ1v) is 10.9. The topological polar surface area (TPSA) is 49.0 Å². The van der Waals surface area contributed by atoms with Crippen LogP contribution in [0.2, 0.25) is 6.04 Å². The van der Waals surface area contributed by atoms with Crippen LogP contribution in [0.15, 0.2) is 0 Å². The predicted octanol–water partition coefficient (Wildman–Crippen LogP) is 2.53. The molecule has 0 bridgehead atoms. The van der Waals surface area contributed by atoms with E-state index in [0.29, 0.717) is 0 Å². The minimum atomic E-state index is -2.41. The zero-order chi connectivity index (χ0) is 16.9. The van der Waals surface area contributed by atoms with Gasteiger partial charge in [0.1, 0.15) is 0 Å². The zero-order valence-corrected chi connectivity index (χ0v) is 17.0. The summed E-state index contributed by atoms with van der Waals surface area (Å²) in [5.74, 6) is 2.06. The highest BCUT2D eigenvalue weighted by atomic mass is 32.2. The maximum atomic E-state index is 6.07. The second-order valence-corrected chi connectivity index (χ2v) is 11.2. The highest BCUT2D eigenvalue weighted by molar-refractivity contribution is 7.99. The lowest BCUT2D eigenvalue weighted by Crippen LogP contribution is -2.66. The van der Waals surface area contributed by atoms with Gasteiger partial charge in [0.25, 0.3) is 0 Å². The van der Waals surface area contributed by atoms with Gasteiger partial charge in [-0.2, -0.15) is 11.8 Å². The fourth-order valence-electron chi connectivity index (χ4n) is 2.90. The van der Waals surface area contributed by atoms with Crippen LogP contribution in [0.5, 0.6) is 0 Å². The van der Waals surface area contributed by atoms with Crippen molar-refractivity contribution in [1.82, 2.24) is 5.32 Å². The zero-order valence-electron chi connectivity index (χ0n) is 15.2. The lowest BCUT2D eigenvalue weighted by Gasteiger charge is -2.47. The summed E-state index contributed by atoms with van der Waals surface area (Å²) in [6, 6.07) is 0.851. The van der Waals surface area contributed by atoms with Crippen molar-refractivity contribution in [3.63, 3.8) is 0 Å². The van der Waals surface area contributed by atoms with E-state index < -0.39 is 8.80 Å². The molecule has 0 aromatic rings. The van der Waals surface area contributed by atoms with Gasteiger partial charge in [-0.1, -0.05) is 0 Å². The van der Waals surface area contributed by atoms with Crippen molar-refractivity contribution in [3.8, 4) is 0 Å². The summed E-state index contributed by atoms with van der Waals surface area (Å²) in [6.07, 6.45) is 1.26. The molecule has 0 amide bonds. The molecule has 1 aliphatic rings. The number of ether oxygens (including phenoxy) is 1. The third-order valence-electron chi connectivity index (χ3n) is 4.08. The third-order valence-corrected chi connectivity index (χ3v) is 8.03. The van der Waals surface area contributed by atoms with Gasteiger partial charge in [0, 0.05) is 44.2 Å². The summed E-state index contributed by atoms with van der Waals surface area (Å²) in [6.45, 7) is 9.57. The first-order chi connectivity index (χ1) is 10.2. The largest absolute Gasteiger partial charge is 0.500 e. The van der Waals surface area contributed by atoms with Gasteiger partial charge in [-0.05, 0) is 39.9 Å². The molecule has 7 heteroatoms. The summed E-state index contributed by atoms with van der Waals surface area (Å²) in [4.78, 5) is 0. The maximum Gasteiger partial charge on any atom is 0.500 e. The first-order valence-electron chi connectivity index (χ1n) is 7.84. The summed E-state index contributed by atoms with van der Waals surface area (Å²) in [5, 5.41) is 3.68. The van der Waals surface area contributed by atoms with Gasteiger partial charge in [-0.3, -0.25) is 0 Å². The van der Waals surface area contributed by atoms with E-state index in [0.717, 1.165) is 30.6 Å². The molecule has 0 saturated carbocycles. The quantitative estimate of drug-likeness (QED) is 0.509. The lowest BCUT2D eigenvalue weighted by atomic mass is 9.90. The highest BCUT2D eigenvalue weighted by Crippen LogP contribution is 2.27. The fourth-order valence-corrected chi connectivity index (χ4v) is 6.12. The highest BCUT2D eigenvalue weighted by Gasteiger charge is 2.40. The molecule has 0 spiro atoms. The Morgan fingerprint density at radius 1 is 1.14 bits per heavy atom. The van der Waals surface area contributed by atoms with Crippen LogP contribution >= 0.6 is 11.8 Å². The van der Waals surface area contributed by atoms with Crippen molar-refractivity contribution in [1.29, 1.82) is 0 Å². The molecule has 0 aromatic carbocycles. The molecule has 5 nitrogen and oxygen atoms in total. The molecule has 1 aliphatic heterocycles. The van der Waals surface area contributed by atoms with E-state index in [-0.39, 0.29) is 17.2 Å². The summed E-state index contributed by atoms with van der Waals surface area (Å²) in [5.41, 5.74) is 0.0457. The smallest absolute Gasteiger partial charge is 0.377 e. The molecule has 1 saturated heterocycles. The minimum absolute atomic E-state index is 0.00114. The van der Waals surface area contributed by atoms with E-state index in [4.69, 9.17) is 18.0 Å². The van der Waals surface area contributed by atoms with E-state index >= 15 is 0 Å². The standard InChI is InChI=1S/C15H33NO4SSi/c1-14(2)12-20-13(15(3,4)16-14)11-21-9-8-10-22(17-5,18-6)19-7/h13,16H,8-12H2,1-7H3. The van der Waals surface area contributed by atoms with Gasteiger partial charge in [-0.15, -0.1) is 0 Å². The van der Waals surface area contributed by atoms with Crippen molar-refractivity contribution in [2.45, 2.75) is 57.3 Å². The average molecular weight is 352 g/mol. The molecule has 1 fully saturated rings. The number of thioether (sulfide) groups is 1. The Labute approximate surface area is 141 Å². The molecular weight excluding hydrogens is 318 g/mol. The monoisotopic (exact) mass is 351 g/mol. The normalized spacial score (nSPS) is 24.4. The molecule has 1 atom stereocenters. The van der Waals surface area contributed by atoms with Crippen molar-refractivity contribution >= 4 is 20.6 Å². The number of nitrogens with one attached hydrogen (secondary N) is 1. The molecule has 1 unspecified atom stereocenters. The third kappa shape index (κ3) is 5.78. The Balaban J connectivity index is 2.30.